The lowest BCUT2D eigenvalue weighted by molar-refractivity contribution is 0.0528. The van der Waals surface area contributed by atoms with Crippen molar-refractivity contribution in [3.05, 3.63) is 88.0 Å². The molecule has 0 unspecified atom stereocenters. The second-order valence-corrected chi connectivity index (χ2v) is 8.04. The van der Waals surface area contributed by atoms with E-state index in [0.717, 1.165) is 33.6 Å². The van der Waals surface area contributed by atoms with E-state index in [-0.39, 0.29) is 0 Å². The number of nitrogens with one attached hydrogen (secondary N) is 1. The first-order valence-electron chi connectivity index (χ1n) is 9.88. The van der Waals surface area contributed by atoms with Gasteiger partial charge in [0.1, 0.15) is 17.5 Å². The summed E-state index contributed by atoms with van der Waals surface area (Å²) in [6, 6.07) is 18.0. The predicted molar refractivity (Wildman–Crippen MR) is 125 cm³/mol. The molecule has 0 saturated heterocycles. The van der Waals surface area contributed by atoms with E-state index in [1.165, 1.54) is 23.1 Å². The maximum absolute atomic E-state index is 12.2. The van der Waals surface area contributed by atoms with E-state index in [4.69, 9.17) is 21.1 Å². The summed E-state index contributed by atoms with van der Waals surface area (Å²) in [7, 11) is 0. The lowest BCUT2D eigenvalue weighted by atomic mass is 10.2. The summed E-state index contributed by atoms with van der Waals surface area (Å²) in [4.78, 5) is 16.4. The number of carbonyl (C=O) groups excluding carboxylic acids is 1. The number of ether oxygens (including phenoxy) is 2. The standard InChI is InChI=1S/C24H21ClN2O3S/c1-2-29-24(28)20-13-27-23(25)21-17(15-31-22(20)21)14-30-19-10-6-9-18(11-19)26-12-16-7-4-3-5-8-16/h3-11,13,15,26H,2,12,14H2,1H3. The van der Waals surface area contributed by atoms with Crippen LogP contribution in [-0.2, 0) is 17.9 Å². The molecule has 0 spiro atoms. The molecule has 0 aliphatic rings. The number of fused-ring (bicyclic) bond motifs is 1. The molecule has 0 aliphatic carbocycles. The van der Waals surface area contributed by atoms with Crippen LogP contribution in [0.2, 0.25) is 5.15 Å². The minimum Gasteiger partial charge on any atom is -0.489 e. The monoisotopic (exact) mass is 452 g/mol. The number of hydrogen-bond donors (Lipinski definition) is 1. The Bertz CT molecular complexity index is 1190. The highest BCUT2D eigenvalue weighted by atomic mass is 35.5. The van der Waals surface area contributed by atoms with Crippen LogP contribution in [0, 0.1) is 0 Å². The highest BCUT2D eigenvalue weighted by molar-refractivity contribution is 7.17. The van der Waals surface area contributed by atoms with Gasteiger partial charge in [-0.15, -0.1) is 11.3 Å². The van der Waals surface area contributed by atoms with E-state index in [1.807, 2.05) is 47.8 Å². The number of anilines is 1. The zero-order valence-electron chi connectivity index (χ0n) is 16.9. The third kappa shape index (κ3) is 4.98. The second kappa shape index (κ2) is 9.81. The Morgan fingerprint density at radius 3 is 2.81 bits per heavy atom. The molecule has 0 bridgehead atoms. The first kappa shape index (κ1) is 21.2. The summed E-state index contributed by atoms with van der Waals surface area (Å²) >= 11 is 7.78. The number of nitrogens with zero attached hydrogens (tertiary/aromatic N) is 1. The molecular weight excluding hydrogens is 432 g/mol. The van der Waals surface area contributed by atoms with Crippen molar-refractivity contribution in [3.63, 3.8) is 0 Å². The van der Waals surface area contributed by atoms with Crippen LogP contribution in [0.4, 0.5) is 5.69 Å². The molecule has 5 nitrogen and oxygen atoms in total. The van der Waals surface area contributed by atoms with Crippen molar-refractivity contribution in [2.75, 3.05) is 11.9 Å². The summed E-state index contributed by atoms with van der Waals surface area (Å²) in [5.41, 5.74) is 3.48. The molecular formula is C24H21ClN2O3S. The molecule has 0 fully saturated rings. The molecule has 2 aromatic heterocycles. The van der Waals surface area contributed by atoms with Crippen molar-refractivity contribution in [1.82, 2.24) is 4.98 Å². The van der Waals surface area contributed by atoms with Crippen molar-refractivity contribution in [2.24, 2.45) is 0 Å². The number of thiophene rings is 1. The average Bonchev–Trinajstić information content (AvgIpc) is 3.23. The van der Waals surface area contributed by atoms with E-state index < -0.39 is 5.97 Å². The van der Waals surface area contributed by atoms with Crippen LogP contribution < -0.4 is 10.1 Å². The Balaban J connectivity index is 1.48. The summed E-state index contributed by atoms with van der Waals surface area (Å²) in [6.07, 6.45) is 1.46. The molecule has 4 aromatic rings. The minimum atomic E-state index is -0.400. The van der Waals surface area contributed by atoms with Gasteiger partial charge in [-0.25, -0.2) is 9.78 Å². The maximum Gasteiger partial charge on any atom is 0.341 e. The summed E-state index contributed by atoms with van der Waals surface area (Å²) in [5, 5.41) is 6.43. The average molecular weight is 453 g/mol. The smallest absolute Gasteiger partial charge is 0.341 e. The first-order valence-corrected chi connectivity index (χ1v) is 11.1. The van der Waals surface area contributed by atoms with Crippen LogP contribution in [0.15, 0.2) is 66.2 Å². The van der Waals surface area contributed by atoms with E-state index in [9.17, 15) is 4.79 Å². The van der Waals surface area contributed by atoms with Gasteiger partial charge in [-0.1, -0.05) is 48.0 Å². The molecule has 4 rings (SSSR count). The molecule has 0 radical (unpaired) electrons. The number of aromatic nitrogens is 1. The molecule has 31 heavy (non-hydrogen) atoms. The van der Waals surface area contributed by atoms with Crippen LogP contribution in [0.5, 0.6) is 5.75 Å². The van der Waals surface area contributed by atoms with Crippen LogP contribution in [0.3, 0.4) is 0 Å². The molecule has 2 heterocycles. The van der Waals surface area contributed by atoms with Gasteiger partial charge in [-0.05, 0) is 30.0 Å². The number of esters is 1. The number of carbonyl (C=O) groups is 1. The molecule has 0 atom stereocenters. The normalized spacial score (nSPS) is 10.8. The fourth-order valence-corrected chi connectivity index (χ4v) is 4.56. The van der Waals surface area contributed by atoms with Gasteiger partial charge in [0, 0.05) is 35.4 Å². The van der Waals surface area contributed by atoms with Gasteiger partial charge in [0.05, 0.1) is 16.9 Å². The van der Waals surface area contributed by atoms with Crippen LogP contribution in [0.1, 0.15) is 28.4 Å². The van der Waals surface area contributed by atoms with Gasteiger partial charge < -0.3 is 14.8 Å². The number of pyridine rings is 1. The Labute approximate surface area is 189 Å². The van der Waals surface area contributed by atoms with Gasteiger partial charge in [0.15, 0.2) is 0 Å². The Hall–Kier alpha value is -3.09. The van der Waals surface area contributed by atoms with Gasteiger partial charge >= 0.3 is 5.97 Å². The van der Waals surface area contributed by atoms with E-state index >= 15 is 0 Å². The number of benzene rings is 2. The number of hydrogen-bond acceptors (Lipinski definition) is 6. The summed E-state index contributed by atoms with van der Waals surface area (Å²) < 4.78 is 11.9. The zero-order valence-corrected chi connectivity index (χ0v) is 18.5. The second-order valence-electron chi connectivity index (χ2n) is 6.80. The highest BCUT2D eigenvalue weighted by Crippen LogP contribution is 2.34. The van der Waals surface area contributed by atoms with Gasteiger partial charge in [0.25, 0.3) is 0 Å². The Kier molecular flexibility index (Phi) is 6.70. The third-order valence-electron chi connectivity index (χ3n) is 4.69. The number of rotatable bonds is 8. The van der Waals surface area contributed by atoms with Crippen molar-refractivity contribution < 1.29 is 14.3 Å². The van der Waals surface area contributed by atoms with Crippen molar-refractivity contribution >= 4 is 44.7 Å². The van der Waals surface area contributed by atoms with E-state index in [0.29, 0.717) is 23.9 Å². The Morgan fingerprint density at radius 1 is 1.16 bits per heavy atom. The van der Waals surface area contributed by atoms with Crippen LogP contribution >= 0.6 is 22.9 Å². The lowest BCUT2D eigenvalue weighted by Crippen LogP contribution is -2.05. The Morgan fingerprint density at radius 2 is 2.00 bits per heavy atom. The highest BCUT2D eigenvalue weighted by Gasteiger charge is 2.18. The molecule has 1 N–H and O–H groups in total. The molecule has 2 aromatic carbocycles. The van der Waals surface area contributed by atoms with Crippen LogP contribution in [-0.4, -0.2) is 17.6 Å². The molecule has 7 heteroatoms. The maximum atomic E-state index is 12.2. The topological polar surface area (TPSA) is 60.5 Å². The molecule has 0 amide bonds. The van der Waals surface area contributed by atoms with Gasteiger partial charge in [0.2, 0.25) is 0 Å². The zero-order chi connectivity index (χ0) is 21.6. The number of halogens is 1. The summed E-state index contributed by atoms with van der Waals surface area (Å²) in [6.45, 7) is 3.13. The molecule has 158 valence electrons. The van der Waals surface area contributed by atoms with Gasteiger partial charge in [-0.2, -0.15) is 0 Å². The molecule has 0 saturated carbocycles. The SMILES string of the molecule is CCOC(=O)c1cnc(Cl)c2c(COc3cccc(NCc4ccccc4)c3)csc12. The van der Waals surface area contributed by atoms with E-state index in [1.54, 1.807) is 6.92 Å². The largest absolute Gasteiger partial charge is 0.489 e. The molecule has 0 aliphatic heterocycles. The minimum absolute atomic E-state index is 0.305. The van der Waals surface area contributed by atoms with Crippen LogP contribution in [0.25, 0.3) is 10.1 Å². The van der Waals surface area contributed by atoms with Crippen molar-refractivity contribution in [1.29, 1.82) is 0 Å². The van der Waals surface area contributed by atoms with Gasteiger partial charge in [-0.3, -0.25) is 0 Å². The van der Waals surface area contributed by atoms with Crippen molar-refractivity contribution in [3.8, 4) is 5.75 Å². The van der Waals surface area contributed by atoms with E-state index in [2.05, 4.69) is 22.4 Å². The van der Waals surface area contributed by atoms with Crippen molar-refractivity contribution in [2.45, 2.75) is 20.1 Å². The fraction of sp³-hybridized carbons (Fsp3) is 0.167. The first-order chi connectivity index (χ1) is 15.2. The quantitative estimate of drug-likeness (QED) is 0.250. The lowest BCUT2D eigenvalue weighted by Gasteiger charge is -2.10. The summed E-state index contributed by atoms with van der Waals surface area (Å²) in [5.74, 6) is 0.339. The third-order valence-corrected chi connectivity index (χ3v) is 6.04. The fourth-order valence-electron chi connectivity index (χ4n) is 3.18. The predicted octanol–water partition coefficient (Wildman–Crippen LogP) is 6.32.